The second-order valence-electron chi connectivity index (χ2n) is 5.25. The van der Waals surface area contributed by atoms with Crippen LogP contribution in [0.5, 0.6) is 0 Å². The van der Waals surface area contributed by atoms with Gasteiger partial charge in [-0.3, -0.25) is 4.79 Å². The van der Waals surface area contributed by atoms with Gasteiger partial charge in [0.05, 0.1) is 11.6 Å². The SMILES string of the molecule is CC1(C)C(C=C(Cl)Cl)C1C(=O)Nc1ccccc1F. The van der Waals surface area contributed by atoms with Crippen LogP contribution in [0.2, 0.25) is 0 Å². The molecule has 1 aliphatic rings. The summed E-state index contributed by atoms with van der Waals surface area (Å²) in [5, 5.41) is 2.60. The van der Waals surface area contributed by atoms with Crippen molar-refractivity contribution in [1.29, 1.82) is 0 Å². The molecule has 2 rings (SSSR count). The van der Waals surface area contributed by atoms with E-state index in [1.54, 1.807) is 18.2 Å². The van der Waals surface area contributed by atoms with E-state index in [0.29, 0.717) is 0 Å². The molecule has 1 N–H and O–H groups in total. The Hall–Kier alpha value is -1.06. The predicted molar refractivity (Wildman–Crippen MR) is 75.6 cm³/mol. The first-order valence-corrected chi connectivity index (χ1v) is 6.68. The van der Waals surface area contributed by atoms with Crippen molar-refractivity contribution in [3.63, 3.8) is 0 Å². The summed E-state index contributed by atoms with van der Waals surface area (Å²) >= 11 is 11.3. The summed E-state index contributed by atoms with van der Waals surface area (Å²) in [5.41, 5.74) is -0.0282. The largest absolute Gasteiger partial charge is 0.323 e. The first kappa shape index (κ1) is 14.4. The fourth-order valence-corrected chi connectivity index (χ4v) is 2.67. The van der Waals surface area contributed by atoms with Gasteiger partial charge in [0.25, 0.3) is 0 Å². The molecule has 0 aromatic heterocycles. The van der Waals surface area contributed by atoms with E-state index in [1.807, 2.05) is 13.8 Å². The van der Waals surface area contributed by atoms with Gasteiger partial charge in [-0.2, -0.15) is 0 Å². The van der Waals surface area contributed by atoms with Crippen molar-refractivity contribution in [3.05, 3.63) is 40.7 Å². The predicted octanol–water partition coefficient (Wildman–Crippen LogP) is 4.36. The summed E-state index contributed by atoms with van der Waals surface area (Å²) in [6.45, 7) is 3.91. The van der Waals surface area contributed by atoms with E-state index in [0.717, 1.165) is 0 Å². The van der Waals surface area contributed by atoms with Crippen LogP contribution < -0.4 is 5.32 Å². The second kappa shape index (κ2) is 5.14. The van der Waals surface area contributed by atoms with Crippen LogP contribution in [0, 0.1) is 23.1 Å². The lowest BCUT2D eigenvalue weighted by atomic mass is 10.1. The van der Waals surface area contributed by atoms with Crippen LogP contribution in [0.1, 0.15) is 13.8 Å². The number of carbonyl (C=O) groups is 1. The van der Waals surface area contributed by atoms with Gasteiger partial charge in [-0.1, -0.05) is 49.2 Å². The Labute approximate surface area is 121 Å². The number of allylic oxidation sites excluding steroid dienone is 1. The minimum absolute atomic E-state index is 0.0238. The molecule has 0 radical (unpaired) electrons. The summed E-state index contributed by atoms with van der Waals surface area (Å²) < 4.78 is 13.6. The number of hydrogen-bond acceptors (Lipinski definition) is 1. The fourth-order valence-electron chi connectivity index (χ4n) is 2.40. The van der Waals surface area contributed by atoms with Gasteiger partial charge >= 0.3 is 0 Å². The van der Waals surface area contributed by atoms with E-state index < -0.39 is 5.82 Å². The molecule has 1 saturated carbocycles. The van der Waals surface area contributed by atoms with E-state index in [4.69, 9.17) is 23.2 Å². The Morgan fingerprint density at radius 1 is 1.37 bits per heavy atom. The minimum Gasteiger partial charge on any atom is -0.323 e. The highest BCUT2D eigenvalue weighted by molar-refractivity contribution is 6.55. The smallest absolute Gasteiger partial charge is 0.228 e. The van der Waals surface area contributed by atoms with E-state index >= 15 is 0 Å². The van der Waals surface area contributed by atoms with E-state index in [-0.39, 0.29) is 33.3 Å². The maximum Gasteiger partial charge on any atom is 0.228 e. The molecule has 1 amide bonds. The molecule has 2 atom stereocenters. The molecular formula is C14H14Cl2FNO. The topological polar surface area (TPSA) is 29.1 Å². The number of amides is 1. The molecule has 0 saturated heterocycles. The van der Waals surface area contributed by atoms with Gasteiger partial charge in [-0.05, 0) is 29.5 Å². The van der Waals surface area contributed by atoms with Gasteiger partial charge in [0.2, 0.25) is 5.91 Å². The van der Waals surface area contributed by atoms with Gasteiger partial charge in [0, 0.05) is 0 Å². The highest BCUT2D eigenvalue weighted by atomic mass is 35.5. The number of anilines is 1. The van der Waals surface area contributed by atoms with Crippen molar-refractivity contribution in [3.8, 4) is 0 Å². The first-order valence-electron chi connectivity index (χ1n) is 5.92. The highest BCUT2D eigenvalue weighted by Crippen LogP contribution is 2.60. The average Bonchev–Trinajstić information content (AvgIpc) is 2.82. The molecule has 19 heavy (non-hydrogen) atoms. The lowest BCUT2D eigenvalue weighted by molar-refractivity contribution is -0.118. The van der Waals surface area contributed by atoms with Crippen LogP contribution >= 0.6 is 23.2 Å². The van der Waals surface area contributed by atoms with E-state index in [2.05, 4.69) is 5.32 Å². The Morgan fingerprint density at radius 2 is 2.00 bits per heavy atom. The second-order valence-corrected chi connectivity index (χ2v) is 6.26. The van der Waals surface area contributed by atoms with Crippen molar-refractivity contribution in [2.75, 3.05) is 5.32 Å². The van der Waals surface area contributed by atoms with Crippen molar-refractivity contribution in [2.24, 2.45) is 17.3 Å². The molecule has 0 aliphatic heterocycles. The standard InChI is InChI=1S/C14H14Cl2FNO/c1-14(2)8(7-11(15)16)12(14)13(19)18-10-6-4-3-5-9(10)17/h3-8,12H,1-2H3,(H,18,19). The lowest BCUT2D eigenvalue weighted by Gasteiger charge is -2.06. The van der Waals surface area contributed by atoms with Gasteiger partial charge in [-0.25, -0.2) is 4.39 Å². The fraction of sp³-hybridized carbons (Fsp3) is 0.357. The molecule has 1 aliphatic carbocycles. The maximum atomic E-state index is 13.5. The Morgan fingerprint density at radius 3 is 2.58 bits per heavy atom. The summed E-state index contributed by atoms with van der Waals surface area (Å²) in [7, 11) is 0. The normalized spacial score (nSPS) is 23.6. The Balaban J connectivity index is 2.10. The zero-order valence-electron chi connectivity index (χ0n) is 10.6. The molecule has 5 heteroatoms. The molecule has 102 valence electrons. The zero-order valence-corrected chi connectivity index (χ0v) is 12.1. The Bertz CT molecular complexity index is 538. The third-order valence-electron chi connectivity index (χ3n) is 3.63. The van der Waals surface area contributed by atoms with Crippen molar-refractivity contribution < 1.29 is 9.18 Å². The van der Waals surface area contributed by atoms with E-state index in [1.165, 1.54) is 12.1 Å². The Kier molecular flexibility index (Phi) is 3.88. The average molecular weight is 302 g/mol. The molecule has 0 bridgehead atoms. The molecule has 0 heterocycles. The van der Waals surface area contributed by atoms with Crippen molar-refractivity contribution >= 4 is 34.8 Å². The van der Waals surface area contributed by atoms with Crippen LogP contribution in [-0.2, 0) is 4.79 Å². The first-order chi connectivity index (χ1) is 8.84. The molecular weight excluding hydrogens is 288 g/mol. The summed E-state index contributed by atoms with van der Waals surface area (Å²) in [5.74, 6) is -0.938. The van der Waals surface area contributed by atoms with Gasteiger partial charge in [-0.15, -0.1) is 0 Å². The van der Waals surface area contributed by atoms with Crippen LogP contribution in [-0.4, -0.2) is 5.91 Å². The number of carbonyl (C=O) groups excluding carboxylic acids is 1. The minimum atomic E-state index is -0.447. The number of rotatable bonds is 3. The monoisotopic (exact) mass is 301 g/mol. The van der Waals surface area contributed by atoms with Gasteiger partial charge in [0.15, 0.2) is 0 Å². The number of halogens is 3. The number of hydrogen-bond donors (Lipinski definition) is 1. The molecule has 0 spiro atoms. The van der Waals surface area contributed by atoms with Crippen LogP contribution in [0.15, 0.2) is 34.8 Å². The van der Waals surface area contributed by atoms with Crippen LogP contribution in [0.25, 0.3) is 0 Å². The number of nitrogens with one attached hydrogen (secondary N) is 1. The number of benzene rings is 1. The van der Waals surface area contributed by atoms with E-state index in [9.17, 15) is 9.18 Å². The molecule has 2 unspecified atom stereocenters. The summed E-state index contributed by atoms with van der Waals surface area (Å²) in [6.07, 6.45) is 1.66. The highest BCUT2D eigenvalue weighted by Gasteiger charge is 2.60. The zero-order chi connectivity index (χ0) is 14.2. The lowest BCUT2D eigenvalue weighted by Crippen LogP contribution is -2.17. The van der Waals surface area contributed by atoms with Crippen LogP contribution in [0.3, 0.4) is 0 Å². The summed E-state index contributed by atoms with van der Waals surface area (Å²) in [6, 6.07) is 6.08. The van der Waals surface area contributed by atoms with Gasteiger partial charge in [0.1, 0.15) is 10.3 Å². The molecule has 1 aromatic rings. The molecule has 1 fully saturated rings. The molecule has 1 aromatic carbocycles. The maximum absolute atomic E-state index is 13.5. The molecule has 2 nitrogen and oxygen atoms in total. The van der Waals surface area contributed by atoms with Crippen molar-refractivity contribution in [2.45, 2.75) is 13.8 Å². The van der Waals surface area contributed by atoms with Gasteiger partial charge < -0.3 is 5.32 Å². The quantitative estimate of drug-likeness (QED) is 0.883. The van der Waals surface area contributed by atoms with Crippen LogP contribution in [0.4, 0.5) is 10.1 Å². The summed E-state index contributed by atoms with van der Waals surface area (Å²) in [4.78, 5) is 12.1. The number of para-hydroxylation sites is 1. The third-order valence-corrected chi connectivity index (χ3v) is 3.88. The third kappa shape index (κ3) is 2.93. The van der Waals surface area contributed by atoms with Crippen molar-refractivity contribution in [1.82, 2.24) is 0 Å².